The van der Waals surface area contributed by atoms with E-state index in [4.69, 9.17) is 27.9 Å². The zero-order valence-electron chi connectivity index (χ0n) is 12.8. The van der Waals surface area contributed by atoms with Crippen LogP contribution in [0.1, 0.15) is 11.3 Å². The molecular formula is C17H15Cl2N3O2. The van der Waals surface area contributed by atoms with Crippen molar-refractivity contribution >= 4 is 40.7 Å². The number of aromatic nitrogens is 1. The normalized spacial score (nSPS) is 12.5. The average Bonchev–Trinajstić information content (AvgIpc) is 2.98. The number of carbonyl (C=O) groups excluding carboxylic acids is 1. The van der Waals surface area contributed by atoms with Crippen molar-refractivity contribution in [3.05, 3.63) is 57.8 Å². The second-order valence-electron chi connectivity index (χ2n) is 5.30. The van der Waals surface area contributed by atoms with Gasteiger partial charge in [-0.3, -0.25) is 9.98 Å². The van der Waals surface area contributed by atoms with Gasteiger partial charge in [0.15, 0.2) is 0 Å². The van der Waals surface area contributed by atoms with Crippen LogP contribution in [-0.4, -0.2) is 29.9 Å². The largest absolute Gasteiger partial charge is 0.449 e. The molecule has 24 heavy (non-hydrogen) atoms. The van der Waals surface area contributed by atoms with E-state index in [0.29, 0.717) is 29.4 Å². The highest BCUT2D eigenvalue weighted by Crippen LogP contribution is 2.23. The Hall–Kier alpha value is -2.11. The number of hydrogen-bond acceptors (Lipinski definition) is 4. The van der Waals surface area contributed by atoms with Gasteiger partial charge in [-0.25, -0.2) is 4.79 Å². The van der Waals surface area contributed by atoms with Crippen LogP contribution in [0.5, 0.6) is 0 Å². The van der Waals surface area contributed by atoms with E-state index in [1.807, 2.05) is 18.2 Å². The lowest BCUT2D eigenvalue weighted by Gasteiger charge is -2.08. The lowest BCUT2D eigenvalue weighted by molar-refractivity contribution is 0.149. The third-order valence-corrected chi connectivity index (χ3v) is 4.16. The van der Waals surface area contributed by atoms with Gasteiger partial charge in [0.1, 0.15) is 0 Å². The Morgan fingerprint density at radius 1 is 1.29 bits per heavy atom. The topological polar surface area (TPSA) is 63.6 Å². The number of pyridine rings is 1. The zero-order valence-corrected chi connectivity index (χ0v) is 14.3. The molecule has 0 unspecified atom stereocenters. The number of benzene rings is 1. The SMILES string of the molecule is O=C(NCC1=Nc2cccnc2C1)OCCc1ccc(Cl)cc1Cl. The van der Waals surface area contributed by atoms with Crippen LogP contribution in [0.15, 0.2) is 41.5 Å². The summed E-state index contributed by atoms with van der Waals surface area (Å²) in [4.78, 5) is 20.4. The summed E-state index contributed by atoms with van der Waals surface area (Å²) < 4.78 is 5.16. The number of carbonyl (C=O) groups is 1. The van der Waals surface area contributed by atoms with Crippen molar-refractivity contribution < 1.29 is 9.53 Å². The Morgan fingerprint density at radius 2 is 2.17 bits per heavy atom. The molecule has 1 N–H and O–H groups in total. The first-order chi connectivity index (χ1) is 11.6. The molecule has 3 rings (SSSR count). The van der Waals surface area contributed by atoms with Crippen molar-refractivity contribution in [1.82, 2.24) is 10.3 Å². The number of alkyl carbamates (subject to hydrolysis) is 1. The number of amides is 1. The minimum atomic E-state index is -0.480. The Labute approximate surface area is 149 Å². The van der Waals surface area contributed by atoms with Gasteiger partial charge in [0.25, 0.3) is 0 Å². The van der Waals surface area contributed by atoms with Crippen molar-refractivity contribution in [2.45, 2.75) is 12.8 Å². The van der Waals surface area contributed by atoms with Gasteiger partial charge in [0.2, 0.25) is 0 Å². The number of aliphatic imine (C=N–C) groups is 1. The average molecular weight is 364 g/mol. The van der Waals surface area contributed by atoms with Gasteiger partial charge in [0.05, 0.1) is 24.5 Å². The third-order valence-electron chi connectivity index (χ3n) is 3.57. The van der Waals surface area contributed by atoms with E-state index in [1.54, 1.807) is 18.3 Å². The van der Waals surface area contributed by atoms with Crippen LogP contribution >= 0.6 is 23.2 Å². The maximum absolute atomic E-state index is 11.7. The summed E-state index contributed by atoms with van der Waals surface area (Å²) in [6, 6.07) is 9.00. The van der Waals surface area contributed by atoms with Crippen molar-refractivity contribution in [3.63, 3.8) is 0 Å². The molecule has 1 aromatic heterocycles. The second kappa shape index (κ2) is 7.64. The molecule has 7 heteroatoms. The Morgan fingerprint density at radius 3 is 2.96 bits per heavy atom. The molecule has 5 nitrogen and oxygen atoms in total. The molecule has 0 saturated carbocycles. The zero-order chi connectivity index (χ0) is 16.9. The molecule has 0 aliphatic carbocycles. The predicted octanol–water partition coefficient (Wildman–Crippen LogP) is 3.99. The van der Waals surface area contributed by atoms with Crippen LogP contribution < -0.4 is 5.32 Å². The fourth-order valence-electron chi connectivity index (χ4n) is 2.38. The van der Waals surface area contributed by atoms with E-state index in [9.17, 15) is 4.79 Å². The van der Waals surface area contributed by atoms with Crippen LogP contribution in [0.2, 0.25) is 10.0 Å². The molecule has 0 bridgehead atoms. The molecule has 0 saturated heterocycles. The third kappa shape index (κ3) is 4.24. The first-order valence-corrected chi connectivity index (χ1v) is 8.22. The lowest BCUT2D eigenvalue weighted by atomic mass is 10.2. The van der Waals surface area contributed by atoms with Gasteiger partial charge in [0, 0.05) is 34.8 Å². The number of halogens is 2. The van der Waals surface area contributed by atoms with Crippen LogP contribution in [-0.2, 0) is 17.6 Å². The number of fused-ring (bicyclic) bond motifs is 1. The highest BCUT2D eigenvalue weighted by atomic mass is 35.5. The summed E-state index contributed by atoms with van der Waals surface area (Å²) in [7, 11) is 0. The fraction of sp³-hybridized carbons (Fsp3) is 0.235. The molecule has 2 aromatic rings. The number of hydrogen-bond donors (Lipinski definition) is 1. The monoisotopic (exact) mass is 363 g/mol. The van der Waals surface area contributed by atoms with Crippen molar-refractivity contribution in [2.75, 3.05) is 13.2 Å². The van der Waals surface area contributed by atoms with Gasteiger partial charge in [-0.05, 0) is 29.8 Å². The summed E-state index contributed by atoms with van der Waals surface area (Å²) in [6.45, 7) is 0.582. The van der Waals surface area contributed by atoms with E-state index < -0.39 is 6.09 Å². The molecule has 0 fully saturated rings. The van der Waals surface area contributed by atoms with E-state index in [2.05, 4.69) is 15.3 Å². The number of nitrogens with zero attached hydrogens (tertiary/aromatic N) is 2. The highest BCUT2D eigenvalue weighted by molar-refractivity contribution is 6.35. The molecule has 124 valence electrons. The molecule has 1 aromatic carbocycles. The van der Waals surface area contributed by atoms with E-state index >= 15 is 0 Å². The highest BCUT2D eigenvalue weighted by Gasteiger charge is 2.15. The minimum absolute atomic E-state index is 0.238. The molecule has 1 aliphatic heterocycles. The van der Waals surface area contributed by atoms with Crippen LogP contribution in [0.25, 0.3) is 0 Å². The Bertz CT molecular complexity index is 793. The second-order valence-corrected chi connectivity index (χ2v) is 6.14. The summed E-state index contributed by atoms with van der Waals surface area (Å²) in [5.41, 5.74) is 3.54. The Kier molecular flexibility index (Phi) is 5.33. The molecule has 0 atom stereocenters. The summed E-state index contributed by atoms with van der Waals surface area (Å²) >= 11 is 11.9. The summed E-state index contributed by atoms with van der Waals surface area (Å²) in [5, 5.41) is 3.84. The maximum Gasteiger partial charge on any atom is 0.407 e. The number of ether oxygens (including phenoxy) is 1. The molecule has 2 heterocycles. The first-order valence-electron chi connectivity index (χ1n) is 7.47. The fourth-order valence-corrected chi connectivity index (χ4v) is 2.88. The molecule has 0 radical (unpaired) electrons. The number of nitrogens with one attached hydrogen (secondary N) is 1. The van der Waals surface area contributed by atoms with Crippen LogP contribution in [0, 0.1) is 0 Å². The van der Waals surface area contributed by atoms with Gasteiger partial charge < -0.3 is 10.1 Å². The van der Waals surface area contributed by atoms with Crippen molar-refractivity contribution in [1.29, 1.82) is 0 Å². The van der Waals surface area contributed by atoms with Gasteiger partial charge in [-0.1, -0.05) is 29.3 Å². The van der Waals surface area contributed by atoms with E-state index in [0.717, 1.165) is 22.7 Å². The molecule has 1 amide bonds. The standard InChI is InChI=1S/C17H15Cl2N3O2/c18-12-4-3-11(14(19)8-12)5-7-24-17(23)21-10-13-9-16-15(22-13)2-1-6-20-16/h1-4,6,8H,5,7,9-10H2,(H,21,23). The molecular weight excluding hydrogens is 349 g/mol. The maximum atomic E-state index is 11.7. The minimum Gasteiger partial charge on any atom is -0.449 e. The van der Waals surface area contributed by atoms with Crippen molar-refractivity contribution in [2.24, 2.45) is 4.99 Å². The summed E-state index contributed by atoms with van der Waals surface area (Å²) in [6.07, 6.45) is 2.43. The number of rotatable bonds is 5. The van der Waals surface area contributed by atoms with E-state index in [1.165, 1.54) is 0 Å². The molecule has 0 spiro atoms. The lowest BCUT2D eigenvalue weighted by Crippen LogP contribution is -2.30. The van der Waals surface area contributed by atoms with Gasteiger partial charge in [-0.2, -0.15) is 0 Å². The summed E-state index contributed by atoms with van der Waals surface area (Å²) in [5.74, 6) is 0. The predicted molar refractivity (Wildman–Crippen MR) is 94.6 cm³/mol. The van der Waals surface area contributed by atoms with Crippen LogP contribution in [0.4, 0.5) is 10.5 Å². The van der Waals surface area contributed by atoms with E-state index in [-0.39, 0.29) is 6.61 Å². The Balaban J connectivity index is 1.41. The first kappa shape index (κ1) is 16.7. The van der Waals surface area contributed by atoms with Gasteiger partial charge >= 0.3 is 6.09 Å². The van der Waals surface area contributed by atoms with Gasteiger partial charge in [-0.15, -0.1) is 0 Å². The smallest absolute Gasteiger partial charge is 0.407 e. The quantitative estimate of drug-likeness (QED) is 0.873. The van der Waals surface area contributed by atoms with Crippen LogP contribution in [0.3, 0.4) is 0 Å². The molecule has 1 aliphatic rings. The van der Waals surface area contributed by atoms with Crippen molar-refractivity contribution in [3.8, 4) is 0 Å².